The van der Waals surface area contributed by atoms with E-state index in [1.165, 1.54) is 7.11 Å². The summed E-state index contributed by atoms with van der Waals surface area (Å²) >= 11 is 0. The molecule has 2 rings (SSSR count). The van der Waals surface area contributed by atoms with Crippen LogP contribution in [0.15, 0.2) is 12.2 Å². The molecule has 1 aliphatic carbocycles. The Labute approximate surface area is 152 Å². The Balaban J connectivity index is 2.24. The molecule has 0 bridgehead atoms. The van der Waals surface area contributed by atoms with E-state index >= 15 is 0 Å². The molecule has 26 heavy (non-hydrogen) atoms. The molecule has 0 spiro atoms. The summed E-state index contributed by atoms with van der Waals surface area (Å²) < 4.78 is 53.1. The van der Waals surface area contributed by atoms with Crippen LogP contribution in [-0.2, 0) is 33.9 Å². The minimum absolute atomic E-state index is 0.00353. The number of benzene rings is 1. The number of esters is 1. The summed E-state index contributed by atoms with van der Waals surface area (Å²) in [7, 11) is 1.27. The van der Waals surface area contributed by atoms with Crippen LogP contribution in [-0.4, -0.2) is 13.1 Å². The van der Waals surface area contributed by atoms with E-state index in [2.05, 4.69) is 0 Å². The van der Waals surface area contributed by atoms with Crippen molar-refractivity contribution in [3.05, 3.63) is 46.3 Å². The molecule has 0 radical (unpaired) electrons. The maximum absolute atomic E-state index is 14.5. The summed E-state index contributed by atoms with van der Waals surface area (Å²) in [5.41, 5.74) is -0.942. The maximum atomic E-state index is 14.5. The van der Waals surface area contributed by atoms with Gasteiger partial charge in [0.1, 0.15) is 12.4 Å². The van der Waals surface area contributed by atoms with Crippen LogP contribution in [0.5, 0.6) is 0 Å². The van der Waals surface area contributed by atoms with Gasteiger partial charge in [-0.2, -0.15) is 0 Å². The lowest BCUT2D eigenvalue weighted by atomic mass is 10.00. The maximum Gasteiger partial charge on any atom is 0.310 e. The van der Waals surface area contributed by atoms with Crippen LogP contribution < -0.4 is 0 Å². The highest BCUT2D eigenvalue weighted by Crippen LogP contribution is 2.59. The first-order chi connectivity index (χ1) is 12.2. The van der Waals surface area contributed by atoms with E-state index in [9.17, 15) is 18.0 Å². The monoisotopic (exact) mass is 370 g/mol. The zero-order chi connectivity index (χ0) is 19.6. The van der Waals surface area contributed by atoms with Crippen molar-refractivity contribution in [3.8, 4) is 0 Å². The van der Waals surface area contributed by atoms with Crippen LogP contribution in [0.1, 0.15) is 44.4 Å². The van der Waals surface area contributed by atoms with Crippen LogP contribution in [0.2, 0.25) is 0 Å². The first-order valence-corrected chi connectivity index (χ1v) is 8.67. The van der Waals surface area contributed by atoms with E-state index in [4.69, 9.17) is 9.47 Å². The third kappa shape index (κ3) is 3.52. The highest BCUT2D eigenvalue weighted by molar-refractivity contribution is 5.78. The molecule has 3 nitrogen and oxygen atoms in total. The van der Waals surface area contributed by atoms with Crippen molar-refractivity contribution in [3.63, 3.8) is 0 Å². The Morgan fingerprint density at radius 3 is 2.23 bits per heavy atom. The smallest absolute Gasteiger partial charge is 0.310 e. The molecule has 0 unspecified atom stereocenters. The summed E-state index contributed by atoms with van der Waals surface area (Å²) in [6.07, 6.45) is 3.94. The lowest BCUT2D eigenvalue weighted by molar-refractivity contribution is -0.147. The highest BCUT2D eigenvalue weighted by atomic mass is 19.2. The van der Waals surface area contributed by atoms with Gasteiger partial charge in [-0.1, -0.05) is 32.9 Å². The number of rotatable bonds is 7. The third-order valence-electron chi connectivity index (χ3n) is 5.18. The molecule has 0 heterocycles. The topological polar surface area (TPSA) is 35.5 Å². The van der Waals surface area contributed by atoms with Crippen molar-refractivity contribution in [2.24, 2.45) is 17.3 Å². The normalized spacial score (nSPS) is 21.2. The van der Waals surface area contributed by atoms with Gasteiger partial charge in [0, 0.05) is 12.7 Å². The quantitative estimate of drug-likeness (QED) is 0.396. The Morgan fingerprint density at radius 2 is 1.69 bits per heavy atom. The molecule has 1 aromatic rings. The van der Waals surface area contributed by atoms with Gasteiger partial charge in [-0.3, -0.25) is 4.79 Å². The fraction of sp³-hybridized carbons (Fsp3) is 0.550. The molecule has 0 aromatic heterocycles. The van der Waals surface area contributed by atoms with Crippen LogP contribution >= 0.6 is 0 Å². The Hall–Kier alpha value is -1.82. The molecule has 6 heteroatoms. The van der Waals surface area contributed by atoms with E-state index < -0.39 is 35.6 Å². The van der Waals surface area contributed by atoms with Crippen molar-refractivity contribution in [1.82, 2.24) is 0 Å². The second kappa shape index (κ2) is 7.82. The zero-order valence-corrected chi connectivity index (χ0v) is 15.8. The van der Waals surface area contributed by atoms with Gasteiger partial charge in [-0.25, -0.2) is 13.2 Å². The molecular formula is C20H25F3O3. The molecule has 144 valence electrons. The highest BCUT2D eigenvalue weighted by Gasteiger charge is 2.61. The van der Waals surface area contributed by atoms with E-state index in [-0.39, 0.29) is 41.4 Å². The predicted octanol–water partition coefficient (Wildman–Crippen LogP) is 4.70. The fourth-order valence-electron chi connectivity index (χ4n) is 3.53. The van der Waals surface area contributed by atoms with Gasteiger partial charge >= 0.3 is 5.97 Å². The lowest BCUT2D eigenvalue weighted by Gasteiger charge is -2.15. The number of ether oxygens (including phenoxy) is 2. The van der Waals surface area contributed by atoms with Gasteiger partial charge in [0.15, 0.2) is 11.6 Å². The summed E-state index contributed by atoms with van der Waals surface area (Å²) in [6, 6.07) is 0. The Bertz CT molecular complexity index is 726. The molecule has 0 N–H and O–H groups in total. The Morgan fingerprint density at radius 1 is 1.08 bits per heavy atom. The van der Waals surface area contributed by atoms with Crippen LogP contribution in [0.25, 0.3) is 0 Å². The average molecular weight is 370 g/mol. The van der Waals surface area contributed by atoms with Gasteiger partial charge < -0.3 is 9.47 Å². The number of hydrogen-bond acceptors (Lipinski definition) is 3. The van der Waals surface area contributed by atoms with E-state index in [1.54, 1.807) is 6.92 Å². The molecule has 1 saturated carbocycles. The minimum atomic E-state index is -1.30. The molecule has 1 fully saturated rings. The van der Waals surface area contributed by atoms with Gasteiger partial charge in [-0.05, 0) is 30.2 Å². The van der Waals surface area contributed by atoms with Crippen molar-refractivity contribution < 1.29 is 27.4 Å². The number of carbonyl (C=O) groups excluding carboxylic acids is 1. The second-order valence-corrected chi connectivity index (χ2v) is 7.12. The van der Waals surface area contributed by atoms with E-state index in [0.717, 1.165) is 0 Å². The molecule has 2 atom stereocenters. The van der Waals surface area contributed by atoms with Gasteiger partial charge in [0.05, 0.1) is 18.1 Å². The van der Waals surface area contributed by atoms with Crippen LogP contribution in [0.4, 0.5) is 13.2 Å². The first kappa shape index (κ1) is 20.5. The van der Waals surface area contributed by atoms with Crippen molar-refractivity contribution >= 4 is 5.97 Å². The molecule has 0 saturated heterocycles. The third-order valence-corrected chi connectivity index (χ3v) is 5.18. The van der Waals surface area contributed by atoms with Gasteiger partial charge in [-0.15, -0.1) is 0 Å². The zero-order valence-electron chi connectivity index (χ0n) is 15.8. The van der Waals surface area contributed by atoms with Gasteiger partial charge in [0.25, 0.3) is 0 Å². The standard InChI is InChI=1S/C20H25F3O3/c1-6-8-14-15(20(14,3)4)19(24)26-10-12-11(7-2)16(21)13(9-25-5)18(23)17(12)22/h6,8,14-15H,7,9-10H2,1-5H3/b8-6-/t14-,15+/m1/s1. The molecule has 1 aromatic carbocycles. The molecule has 0 aliphatic heterocycles. The molecule has 1 aliphatic rings. The van der Waals surface area contributed by atoms with E-state index in [1.807, 2.05) is 32.9 Å². The lowest BCUT2D eigenvalue weighted by Crippen LogP contribution is -2.15. The van der Waals surface area contributed by atoms with Crippen molar-refractivity contribution in [2.75, 3.05) is 7.11 Å². The summed E-state index contributed by atoms with van der Waals surface area (Å²) in [4.78, 5) is 12.3. The number of allylic oxidation sites excluding steroid dienone is 2. The average Bonchev–Trinajstić information content (AvgIpc) is 3.14. The molecular weight excluding hydrogens is 345 g/mol. The Kier molecular flexibility index (Phi) is 6.17. The van der Waals surface area contributed by atoms with Crippen LogP contribution in [0, 0.1) is 34.7 Å². The van der Waals surface area contributed by atoms with Crippen molar-refractivity contribution in [2.45, 2.75) is 47.3 Å². The summed E-state index contributed by atoms with van der Waals surface area (Å²) in [5, 5.41) is 0. The number of methoxy groups -OCH3 is 1. The largest absolute Gasteiger partial charge is 0.460 e. The number of halogens is 3. The SMILES string of the molecule is C/C=C\[C@@H]1[C@@H](C(=O)OCc2c(F)c(F)c(COC)c(F)c2CC)C1(C)C. The van der Waals surface area contributed by atoms with Crippen LogP contribution in [0.3, 0.4) is 0 Å². The first-order valence-electron chi connectivity index (χ1n) is 8.67. The second-order valence-electron chi connectivity index (χ2n) is 7.12. The van der Waals surface area contributed by atoms with Gasteiger partial charge in [0.2, 0.25) is 0 Å². The molecule has 0 amide bonds. The van der Waals surface area contributed by atoms with Crippen molar-refractivity contribution in [1.29, 1.82) is 0 Å². The summed E-state index contributed by atoms with van der Waals surface area (Å²) in [5.74, 6) is -4.11. The summed E-state index contributed by atoms with van der Waals surface area (Å²) in [6.45, 7) is 6.52. The number of carbonyl (C=O) groups is 1. The minimum Gasteiger partial charge on any atom is -0.460 e. The fourth-order valence-corrected chi connectivity index (χ4v) is 3.53. The number of hydrogen-bond donors (Lipinski definition) is 0. The van der Waals surface area contributed by atoms with E-state index in [0.29, 0.717) is 0 Å². The predicted molar refractivity (Wildman–Crippen MR) is 91.8 cm³/mol.